The Labute approximate surface area is 304 Å². The van der Waals surface area contributed by atoms with Gasteiger partial charge in [0.25, 0.3) is 0 Å². The summed E-state index contributed by atoms with van der Waals surface area (Å²) >= 11 is 0. The van der Waals surface area contributed by atoms with E-state index in [9.17, 15) is 9.59 Å². The van der Waals surface area contributed by atoms with Crippen LogP contribution in [0.5, 0.6) is 11.5 Å². The Morgan fingerprint density at radius 2 is 0.981 bits per heavy atom. The van der Waals surface area contributed by atoms with Crippen LogP contribution < -0.4 is 9.47 Å². The third kappa shape index (κ3) is 10.4. The van der Waals surface area contributed by atoms with E-state index in [1.807, 2.05) is 72.8 Å². The number of ether oxygens (including phenoxy) is 3. The number of esters is 1. The van der Waals surface area contributed by atoms with Gasteiger partial charge in [-0.3, -0.25) is 10.2 Å². The van der Waals surface area contributed by atoms with Crippen molar-refractivity contribution in [2.75, 3.05) is 20.3 Å². The SMILES string of the molecule is C.CCCCOc1ccc(-c2cc(-c3ccc(C(=O)O)cc3)[nH]n2)cc1.CCCCOc1ccc(-c2cc(-c3ccc(C(=O)OC)cc3)[nH]n2)cc1. The molecule has 0 aliphatic rings. The zero-order valence-electron chi connectivity index (χ0n) is 29.0. The minimum Gasteiger partial charge on any atom is -0.494 e. The van der Waals surface area contributed by atoms with Gasteiger partial charge >= 0.3 is 11.9 Å². The number of hydrogen-bond acceptors (Lipinski definition) is 7. The quantitative estimate of drug-likeness (QED) is 0.0753. The number of hydrogen-bond donors (Lipinski definition) is 3. The van der Waals surface area contributed by atoms with Crippen molar-refractivity contribution in [1.82, 2.24) is 20.4 Å². The van der Waals surface area contributed by atoms with E-state index < -0.39 is 5.97 Å². The summed E-state index contributed by atoms with van der Waals surface area (Å²) in [5.41, 5.74) is 8.06. The standard InChI is InChI=1S/C21H22N2O3.C20H20N2O3.CH4/c1-3-4-13-26-18-11-9-16(10-12-18)20-14-19(22-23-20)15-5-7-17(8-6-15)21(24)25-2;1-2-3-12-25-17-10-8-15(9-11-17)19-13-18(21-22-19)14-4-6-16(7-5-14)20(23)24;/h5-12,14H,3-4,13H2,1-2H3,(H,22,23);4-11,13H,2-3,12H2,1H3,(H,21,22)(H,23,24);1H4. The van der Waals surface area contributed by atoms with Crippen LogP contribution in [0.4, 0.5) is 0 Å². The van der Waals surface area contributed by atoms with Crippen LogP contribution >= 0.6 is 0 Å². The van der Waals surface area contributed by atoms with Crippen molar-refractivity contribution in [3.05, 3.63) is 120 Å². The maximum atomic E-state index is 11.5. The number of carbonyl (C=O) groups is 2. The average Bonchev–Trinajstić information content (AvgIpc) is 3.87. The molecule has 0 saturated heterocycles. The van der Waals surface area contributed by atoms with E-state index in [1.54, 1.807) is 36.4 Å². The second-order valence-corrected chi connectivity index (χ2v) is 11.7. The third-order valence-corrected chi connectivity index (χ3v) is 8.05. The molecule has 0 radical (unpaired) electrons. The lowest BCUT2D eigenvalue weighted by molar-refractivity contribution is 0.0599. The summed E-state index contributed by atoms with van der Waals surface area (Å²) in [5.74, 6) is 0.453. The molecule has 10 heteroatoms. The highest BCUT2D eigenvalue weighted by Crippen LogP contribution is 2.27. The molecule has 10 nitrogen and oxygen atoms in total. The highest BCUT2D eigenvalue weighted by molar-refractivity contribution is 5.90. The summed E-state index contributed by atoms with van der Waals surface area (Å²) in [7, 11) is 1.37. The molecule has 3 N–H and O–H groups in total. The number of carbonyl (C=O) groups excluding carboxylic acids is 1. The number of aromatic nitrogens is 4. The maximum Gasteiger partial charge on any atom is 0.337 e. The summed E-state index contributed by atoms with van der Waals surface area (Å²) in [6.07, 6.45) is 4.33. The molecular weight excluding hydrogens is 656 g/mol. The lowest BCUT2D eigenvalue weighted by Crippen LogP contribution is -2.00. The van der Waals surface area contributed by atoms with E-state index in [1.165, 1.54) is 7.11 Å². The maximum absolute atomic E-state index is 11.5. The van der Waals surface area contributed by atoms with Crippen LogP contribution in [0.3, 0.4) is 0 Å². The first-order valence-corrected chi connectivity index (χ1v) is 17.0. The first-order valence-electron chi connectivity index (χ1n) is 17.0. The van der Waals surface area contributed by atoms with E-state index in [2.05, 4.69) is 34.2 Å². The zero-order valence-corrected chi connectivity index (χ0v) is 29.0. The number of nitrogens with zero attached hydrogens (tertiary/aromatic N) is 2. The predicted octanol–water partition coefficient (Wildman–Crippen LogP) is 9.97. The summed E-state index contributed by atoms with van der Waals surface area (Å²) < 4.78 is 16.1. The van der Waals surface area contributed by atoms with Gasteiger partial charge in [-0.25, -0.2) is 9.59 Å². The molecule has 0 atom stereocenters. The second kappa shape index (κ2) is 19.3. The van der Waals surface area contributed by atoms with Crippen LogP contribution in [0.1, 0.15) is 67.7 Å². The molecule has 0 bridgehead atoms. The summed E-state index contributed by atoms with van der Waals surface area (Å²) in [6.45, 7) is 5.75. The molecule has 52 heavy (non-hydrogen) atoms. The molecule has 6 rings (SSSR count). The number of nitrogens with one attached hydrogen (secondary N) is 2. The summed E-state index contributed by atoms with van der Waals surface area (Å²) in [6, 6.07) is 33.6. The van der Waals surface area contributed by atoms with E-state index in [4.69, 9.17) is 19.3 Å². The van der Waals surface area contributed by atoms with Crippen LogP contribution in [0.15, 0.2) is 109 Å². The van der Waals surface area contributed by atoms with E-state index >= 15 is 0 Å². The Kier molecular flexibility index (Phi) is 14.3. The van der Waals surface area contributed by atoms with Crippen LogP contribution in [-0.4, -0.2) is 57.8 Å². The highest BCUT2D eigenvalue weighted by Gasteiger charge is 2.10. The number of H-pyrrole nitrogens is 2. The normalized spacial score (nSPS) is 10.4. The van der Waals surface area contributed by atoms with Crippen molar-refractivity contribution >= 4 is 11.9 Å². The van der Waals surface area contributed by atoms with Gasteiger partial charge < -0.3 is 19.3 Å². The fourth-order valence-corrected chi connectivity index (χ4v) is 5.04. The molecule has 0 amide bonds. The largest absolute Gasteiger partial charge is 0.494 e. The predicted molar refractivity (Wildman–Crippen MR) is 205 cm³/mol. The van der Waals surface area contributed by atoms with E-state index in [-0.39, 0.29) is 19.0 Å². The first kappa shape index (κ1) is 38.6. The van der Waals surface area contributed by atoms with Crippen LogP contribution in [-0.2, 0) is 4.74 Å². The van der Waals surface area contributed by atoms with Gasteiger partial charge in [0.05, 0.1) is 54.2 Å². The highest BCUT2D eigenvalue weighted by atomic mass is 16.5. The number of unbranched alkanes of at least 4 members (excludes halogenated alkanes) is 2. The Morgan fingerprint density at radius 3 is 1.35 bits per heavy atom. The van der Waals surface area contributed by atoms with Gasteiger partial charge in [0, 0.05) is 11.1 Å². The van der Waals surface area contributed by atoms with Gasteiger partial charge in [-0.05, 0) is 109 Å². The molecule has 0 unspecified atom stereocenters. The number of carboxylic acids is 1. The number of aromatic carboxylic acids is 1. The smallest absolute Gasteiger partial charge is 0.337 e. The number of aromatic amines is 2. The minimum atomic E-state index is -0.932. The third-order valence-electron chi connectivity index (χ3n) is 8.05. The van der Waals surface area contributed by atoms with E-state index in [0.29, 0.717) is 5.56 Å². The summed E-state index contributed by atoms with van der Waals surface area (Å²) in [5, 5.41) is 23.7. The van der Waals surface area contributed by atoms with Gasteiger partial charge in [-0.1, -0.05) is 58.4 Å². The Bertz CT molecular complexity index is 1980. The molecule has 0 aliphatic heterocycles. The Hall–Kier alpha value is -6.16. The molecule has 4 aromatic carbocycles. The van der Waals surface area contributed by atoms with Gasteiger partial charge in [-0.15, -0.1) is 0 Å². The molecule has 2 aromatic heterocycles. The van der Waals surface area contributed by atoms with Crippen molar-refractivity contribution in [2.45, 2.75) is 47.0 Å². The van der Waals surface area contributed by atoms with Crippen LogP contribution in [0, 0.1) is 0 Å². The fourth-order valence-electron chi connectivity index (χ4n) is 5.04. The minimum absolute atomic E-state index is 0. The molecule has 6 aromatic rings. The monoisotopic (exact) mass is 702 g/mol. The van der Waals surface area contributed by atoms with Crippen LogP contribution in [0.2, 0.25) is 0 Å². The zero-order chi connectivity index (χ0) is 36.0. The van der Waals surface area contributed by atoms with E-state index in [0.717, 1.165) is 95.4 Å². The molecule has 2 heterocycles. The number of rotatable bonds is 14. The van der Waals surface area contributed by atoms with Gasteiger partial charge in [-0.2, -0.15) is 10.2 Å². The number of benzene rings is 4. The molecule has 270 valence electrons. The lowest BCUT2D eigenvalue weighted by Gasteiger charge is -2.05. The van der Waals surface area contributed by atoms with Crippen LogP contribution in [0.25, 0.3) is 45.0 Å². The van der Waals surface area contributed by atoms with Crippen molar-refractivity contribution in [2.24, 2.45) is 0 Å². The topological polar surface area (TPSA) is 139 Å². The van der Waals surface area contributed by atoms with Gasteiger partial charge in [0.1, 0.15) is 11.5 Å². The van der Waals surface area contributed by atoms with Gasteiger partial charge in [0.15, 0.2) is 0 Å². The first-order chi connectivity index (χ1) is 24.9. The fraction of sp³-hybridized carbons (Fsp3) is 0.238. The Balaban J connectivity index is 0.000000228. The Morgan fingerprint density at radius 1 is 0.596 bits per heavy atom. The lowest BCUT2D eigenvalue weighted by atomic mass is 10.1. The van der Waals surface area contributed by atoms with Gasteiger partial charge in [0.2, 0.25) is 0 Å². The molecule has 0 spiro atoms. The molecule has 0 aliphatic carbocycles. The molecule has 0 saturated carbocycles. The average molecular weight is 703 g/mol. The van der Waals surface area contributed by atoms with Crippen molar-refractivity contribution in [3.63, 3.8) is 0 Å². The number of carboxylic acid groups (broad SMARTS) is 1. The van der Waals surface area contributed by atoms with Crippen molar-refractivity contribution in [3.8, 4) is 56.5 Å². The molecule has 0 fully saturated rings. The number of methoxy groups -OCH3 is 1. The second-order valence-electron chi connectivity index (χ2n) is 11.7. The molecular formula is C42H46N4O6. The van der Waals surface area contributed by atoms with Crippen molar-refractivity contribution in [1.29, 1.82) is 0 Å². The van der Waals surface area contributed by atoms with Crippen molar-refractivity contribution < 1.29 is 28.9 Å². The summed E-state index contributed by atoms with van der Waals surface area (Å²) in [4.78, 5) is 22.4.